The Morgan fingerprint density at radius 1 is 1.42 bits per heavy atom. The van der Waals surface area contributed by atoms with Crippen molar-refractivity contribution in [2.24, 2.45) is 5.92 Å². The predicted molar refractivity (Wildman–Crippen MR) is 78.3 cm³/mol. The summed E-state index contributed by atoms with van der Waals surface area (Å²) >= 11 is 0. The van der Waals surface area contributed by atoms with Crippen LogP contribution >= 0.6 is 0 Å². The lowest BCUT2D eigenvalue weighted by molar-refractivity contribution is 0.552. The van der Waals surface area contributed by atoms with Gasteiger partial charge in [0.05, 0.1) is 5.69 Å². The highest BCUT2D eigenvalue weighted by atomic mass is 32.2. The maximum Gasteiger partial charge on any atom is 0.301 e. The largest absolute Gasteiger partial charge is 0.399 e. The van der Waals surface area contributed by atoms with Crippen molar-refractivity contribution in [3.05, 3.63) is 23.8 Å². The van der Waals surface area contributed by atoms with Crippen molar-refractivity contribution in [3.8, 4) is 0 Å². The monoisotopic (exact) mass is 283 g/mol. The first kappa shape index (κ1) is 14.1. The molecule has 0 aromatic heterocycles. The molecule has 0 spiro atoms. The van der Waals surface area contributed by atoms with Gasteiger partial charge in [-0.2, -0.15) is 13.1 Å². The van der Waals surface area contributed by atoms with Crippen LogP contribution in [0.4, 0.5) is 11.4 Å². The minimum atomic E-state index is -3.48. The summed E-state index contributed by atoms with van der Waals surface area (Å²) in [4.78, 5) is 0. The average molecular weight is 283 g/mol. The van der Waals surface area contributed by atoms with Crippen LogP contribution in [0.3, 0.4) is 0 Å². The molecule has 1 aromatic carbocycles. The quantitative estimate of drug-likeness (QED) is 0.822. The molecule has 0 radical (unpaired) electrons. The fourth-order valence-electron chi connectivity index (χ4n) is 2.16. The fraction of sp³-hybridized carbons (Fsp3) is 0.538. The lowest BCUT2D eigenvalue weighted by Gasteiger charge is -2.31. The number of aryl methyl sites for hydroxylation is 1. The Morgan fingerprint density at radius 2 is 2.16 bits per heavy atom. The first-order valence-corrected chi connectivity index (χ1v) is 8.00. The summed E-state index contributed by atoms with van der Waals surface area (Å²) in [5.41, 5.74) is 8.10. The molecule has 19 heavy (non-hydrogen) atoms. The van der Waals surface area contributed by atoms with Crippen LogP contribution in [0.1, 0.15) is 25.8 Å². The third-order valence-electron chi connectivity index (χ3n) is 3.15. The van der Waals surface area contributed by atoms with Crippen molar-refractivity contribution in [1.82, 2.24) is 4.72 Å². The number of nitrogens with one attached hydrogen (secondary N) is 1. The Balaban J connectivity index is 2.30. The zero-order chi connectivity index (χ0) is 14.0. The smallest absolute Gasteiger partial charge is 0.301 e. The highest BCUT2D eigenvalue weighted by Gasteiger charge is 2.27. The van der Waals surface area contributed by atoms with Gasteiger partial charge in [0.15, 0.2) is 0 Å². The van der Waals surface area contributed by atoms with Crippen LogP contribution in [0, 0.1) is 5.92 Å². The van der Waals surface area contributed by atoms with Crippen molar-refractivity contribution < 1.29 is 8.42 Å². The molecule has 3 N–H and O–H groups in total. The number of hydrogen-bond acceptors (Lipinski definition) is 3. The Labute approximate surface area is 115 Å². The van der Waals surface area contributed by atoms with E-state index in [-0.39, 0.29) is 5.92 Å². The molecular formula is C13H21N3O2S. The van der Waals surface area contributed by atoms with E-state index in [0.29, 0.717) is 24.5 Å². The summed E-state index contributed by atoms with van der Waals surface area (Å²) in [6, 6.07) is 5.47. The molecule has 2 rings (SSSR count). The van der Waals surface area contributed by atoms with Gasteiger partial charge in [0.25, 0.3) is 0 Å². The Morgan fingerprint density at radius 3 is 2.84 bits per heavy atom. The first-order chi connectivity index (χ1) is 8.90. The number of rotatable bonds is 4. The summed E-state index contributed by atoms with van der Waals surface area (Å²) in [5, 5.41) is 0. The molecule has 1 heterocycles. The van der Waals surface area contributed by atoms with Gasteiger partial charge in [0.2, 0.25) is 0 Å². The predicted octanol–water partition coefficient (Wildman–Crippen LogP) is 1.51. The van der Waals surface area contributed by atoms with Gasteiger partial charge in [0.1, 0.15) is 0 Å². The van der Waals surface area contributed by atoms with Gasteiger partial charge in [-0.15, -0.1) is 0 Å². The van der Waals surface area contributed by atoms with Crippen molar-refractivity contribution in [1.29, 1.82) is 0 Å². The molecule has 6 heteroatoms. The van der Waals surface area contributed by atoms with Crippen LogP contribution in [0.15, 0.2) is 18.2 Å². The van der Waals surface area contributed by atoms with Gasteiger partial charge in [-0.3, -0.25) is 4.31 Å². The number of nitrogen functional groups attached to an aromatic ring is 1. The van der Waals surface area contributed by atoms with E-state index in [9.17, 15) is 8.42 Å². The van der Waals surface area contributed by atoms with Crippen LogP contribution in [0.2, 0.25) is 0 Å². The van der Waals surface area contributed by atoms with E-state index in [1.165, 1.54) is 4.31 Å². The maximum absolute atomic E-state index is 12.3. The maximum atomic E-state index is 12.3. The summed E-state index contributed by atoms with van der Waals surface area (Å²) in [6.45, 7) is 4.90. The minimum Gasteiger partial charge on any atom is -0.399 e. The van der Waals surface area contributed by atoms with Crippen LogP contribution in [-0.2, 0) is 16.6 Å². The van der Waals surface area contributed by atoms with Gasteiger partial charge < -0.3 is 5.73 Å². The van der Waals surface area contributed by atoms with Crippen LogP contribution < -0.4 is 14.8 Å². The molecular weight excluding hydrogens is 262 g/mol. The summed E-state index contributed by atoms with van der Waals surface area (Å²) in [6.07, 6.45) is 1.73. The first-order valence-electron chi connectivity index (χ1n) is 6.56. The van der Waals surface area contributed by atoms with E-state index in [1.807, 2.05) is 26.0 Å². The second kappa shape index (κ2) is 5.38. The molecule has 0 saturated heterocycles. The molecule has 0 saturated carbocycles. The molecule has 1 aromatic rings. The summed E-state index contributed by atoms with van der Waals surface area (Å²) in [5.74, 6) is 0.278. The molecule has 0 atom stereocenters. The standard InChI is InChI=1S/C13H21N3O2S/c1-10(2)9-15-19(17,18)16-7-3-4-11-5-6-12(14)8-13(11)16/h5-6,8,10,15H,3-4,7,9,14H2,1-2H3. The van der Waals surface area contributed by atoms with Crippen LogP contribution in [-0.4, -0.2) is 21.5 Å². The van der Waals surface area contributed by atoms with E-state index in [1.54, 1.807) is 6.07 Å². The molecule has 0 bridgehead atoms. The lowest BCUT2D eigenvalue weighted by atomic mass is 10.0. The second-order valence-electron chi connectivity index (χ2n) is 5.31. The molecule has 0 fully saturated rings. The topological polar surface area (TPSA) is 75.4 Å². The number of benzene rings is 1. The van der Waals surface area contributed by atoms with Crippen molar-refractivity contribution in [3.63, 3.8) is 0 Å². The summed E-state index contributed by atoms with van der Waals surface area (Å²) < 4.78 is 28.8. The molecule has 0 amide bonds. The van der Waals surface area contributed by atoms with E-state index in [2.05, 4.69) is 4.72 Å². The number of hydrogen-bond donors (Lipinski definition) is 2. The van der Waals surface area contributed by atoms with E-state index < -0.39 is 10.2 Å². The highest BCUT2D eigenvalue weighted by molar-refractivity contribution is 7.90. The Bertz CT molecular complexity index is 555. The molecule has 106 valence electrons. The Kier molecular flexibility index (Phi) is 4.01. The molecule has 1 aliphatic heterocycles. The van der Waals surface area contributed by atoms with Crippen LogP contribution in [0.25, 0.3) is 0 Å². The average Bonchev–Trinajstić information content (AvgIpc) is 2.35. The molecule has 0 aliphatic carbocycles. The number of nitrogens with two attached hydrogens (primary N) is 1. The van der Waals surface area contributed by atoms with Crippen molar-refractivity contribution in [2.75, 3.05) is 23.1 Å². The number of anilines is 2. The number of fused-ring (bicyclic) bond motifs is 1. The van der Waals surface area contributed by atoms with Gasteiger partial charge >= 0.3 is 10.2 Å². The van der Waals surface area contributed by atoms with E-state index >= 15 is 0 Å². The summed E-state index contributed by atoms with van der Waals surface area (Å²) in [7, 11) is -3.48. The SMILES string of the molecule is CC(C)CNS(=O)(=O)N1CCCc2ccc(N)cc21. The normalized spacial score (nSPS) is 15.6. The minimum absolute atomic E-state index is 0.278. The van der Waals surface area contributed by atoms with Gasteiger partial charge in [-0.05, 0) is 36.5 Å². The third kappa shape index (κ3) is 3.19. The second-order valence-corrected chi connectivity index (χ2v) is 6.99. The lowest BCUT2D eigenvalue weighted by Crippen LogP contribution is -2.44. The zero-order valence-corrected chi connectivity index (χ0v) is 12.2. The molecule has 0 unspecified atom stereocenters. The Hall–Kier alpha value is -1.27. The van der Waals surface area contributed by atoms with Gasteiger partial charge in [0, 0.05) is 18.8 Å². The van der Waals surface area contributed by atoms with Crippen LogP contribution in [0.5, 0.6) is 0 Å². The fourth-order valence-corrected chi connectivity index (χ4v) is 3.66. The molecule has 5 nitrogen and oxygen atoms in total. The van der Waals surface area contributed by atoms with E-state index in [4.69, 9.17) is 5.73 Å². The van der Waals surface area contributed by atoms with Crippen molar-refractivity contribution >= 4 is 21.6 Å². The zero-order valence-electron chi connectivity index (χ0n) is 11.4. The van der Waals surface area contributed by atoms with E-state index in [0.717, 1.165) is 18.4 Å². The highest BCUT2D eigenvalue weighted by Crippen LogP contribution is 2.30. The third-order valence-corrected chi connectivity index (χ3v) is 4.64. The van der Waals surface area contributed by atoms with Gasteiger partial charge in [-0.1, -0.05) is 19.9 Å². The van der Waals surface area contributed by atoms with Gasteiger partial charge in [-0.25, -0.2) is 0 Å². The van der Waals surface area contributed by atoms with Crippen molar-refractivity contribution in [2.45, 2.75) is 26.7 Å². The number of nitrogens with zero attached hydrogens (tertiary/aromatic N) is 1. The molecule has 1 aliphatic rings.